The number of aromatic nitrogens is 3. The van der Waals surface area contributed by atoms with E-state index in [0.717, 1.165) is 0 Å². The number of nitrogens with zero attached hydrogens (tertiary/aromatic N) is 3. The summed E-state index contributed by atoms with van der Waals surface area (Å²) < 4.78 is 13.6. The van der Waals surface area contributed by atoms with Gasteiger partial charge in [0, 0.05) is 18.7 Å². The first-order valence-electron chi connectivity index (χ1n) is 7.68. The Morgan fingerprint density at radius 3 is 2.42 bits per heavy atom. The third-order valence-corrected chi connectivity index (χ3v) is 3.67. The summed E-state index contributed by atoms with van der Waals surface area (Å²) in [6, 6.07) is 14.7. The van der Waals surface area contributed by atoms with E-state index in [1.165, 1.54) is 23.4 Å². The number of nitrogens with one attached hydrogen (secondary N) is 2. The molecule has 3 aromatic rings. The van der Waals surface area contributed by atoms with E-state index in [9.17, 15) is 4.39 Å². The zero-order chi connectivity index (χ0) is 16.8. The minimum Gasteiger partial charge on any atom is -0.364 e. The smallest absolute Gasteiger partial charge is 0.244 e. The molecule has 0 aliphatic heterocycles. The number of halogens is 1. The van der Waals surface area contributed by atoms with Crippen molar-refractivity contribution in [3.63, 3.8) is 0 Å². The fraction of sp³-hybridized carbons (Fsp3) is 0.167. The van der Waals surface area contributed by atoms with Crippen LogP contribution in [-0.4, -0.2) is 15.2 Å². The zero-order valence-electron chi connectivity index (χ0n) is 13.3. The van der Waals surface area contributed by atoms with E-state index in [-0.39, 0.29) is 5.82 Å². The van der Waals surface area contributed by atoms with E-state index in [1.807, 2.05) is 12.1 Å². The van der Waals surface area contributed by atoms with Gasteiger partial charge in [-0.3, -0.25) is 0 Å². The quantitative estimate of drug-likeness (QED) is 0.726. The summed E-state index contributed by atoms with van der Waals surface area (Å²) in [6.07, 6.45) is 1.51. The lowest BCUT2D eigenvalue weighted by Crippen LogP contribution is -2.09. The molecule has 0 spiro atoms. The fourth-order valence-corrected chi connectivity index (χ4v) is 2.27. The van der Waals surface area contributed by atoms with Crippen LogP contribution in [0.15, 0.2) is 54.7 Å². The zero-order valence-corrected chi connectivity index (χ0v) is 13.3. The van der Waals surface area contributed by atoms with Crippen molar-refractivity contribution in [2.24, 2.45) is 0 Å². The number of rotatable bonds is 6. The molecule has 3 rings (SSSR count). The first kappa shape index (κ1) is 15.9. The van der Waals surface area contributed by atoms with Gasteiger partial charge in [-0.2, -0.15) is 10.1 Å². The van der Waals surface area contributed by atoms with Crippen LogP contribution in [-0.2, 0) is 13.1 Å². The Bertz CT molecular complexity index is 757. The van der Waals surface area contributed by atoms with E-state index in [1.54, 1.807) is 18.2 Å². The minimum absolute atomic E-state index is 0.245. The topological polar surface area (TPSA) is 62.7 Å². The van der Waals surface area contributed by atoms with Gasteiger partial charge in [0.15, 0.2) is 5.82 Å². The molecule has 0 bridgehead atoms. The monoisotopic (exact) mass is 323 g/mol. The first-order chi connectivity index (χ1) is 11.7. The first-order valence-corrected chi connectivity index (χ1v) is 7.68. The van der Waals surface area contributed by atoms with Crippen molar-refractivity contribution in [2.75, 3.05) is 10.6 Å². The van der Waals surface area contributed by atoms with Gasteiger partial charge in [0.05, 0.1) is 6.20 Å². The summed E-state index contributed by atoms with van der Waals surface area (Å²) >= 11 is 0. The highest BCUT2D eigenvalue weighted by atomic mass is 19.1. The summed E-state index contributed by atoms with van der Waals surface area (Å²) in [4.78, 5) is 4.34. The van der Waals surface area contributed by atoms with Gasteiger partial charge in [0.2, 0.25) is 5.95 Å². The van der Waals surface area contributed by atoms with Crippen LogP contribution in [0.2, 0.25) is 0 Å². The van der Waals surface area contributed by atoms with Gasteiger partial charge in [0.25, 0.3) is 0 Å². The highest BCUT2D eigenvalue weighted by molar-refractivity contribution is 5.39. The largest absolute Gasteiger partial charge is 0.364 e. The van der Waals surface area contributed by atoms with E-state index in [4.69, 9.17) is 0 Å². The van der Waals surface area contributed by atoms with Crippen LogP contribution in [0.3, 0.4) is 0 Å². The predicted octanol–water partition coefficient (Wildman–Crippen LogP) is 3.54. The van der Waals surface area contributed by atoms with Crippen molar-refractivity contribution < 1.29 is 4.39 Å². The molecular formula is C18H18FN5. The van der Waals surface area contributed by atoms with E-state index < -0.39 is 0 Å². The summed E-state index contributed by atoms with van der Waals surface area (Å²) in [6.45, 7) is 3.01. The Balaban J connectivity index is 1.62. The highest BCUT2D eigenvalue weighted by Gasteiger charge is 2.04. The van der Waals surface area contributed by atoms with Crippen molar-refractivity contribution in [2.45, 2.75) is 20.0 Å². The molecule has 0 saturated heterocycles. The molecule has 1 heterocycles. The number of aryl methyl sites for hydroxylation is 1. The standard InChI is InChI=1S/C18H18FN5/c1-13-6-2-3-7-14(13)10-21-18-23-17(12-22-24-18)20-11-15-8-4-5-9-16(15)19/h2-9,12H,10-11H2,1H3,(H2,20,21,23,24). The van der Waals surface area contributed by atoms with Gasteiger partial charge in [-0.15, -0.1) is 5.10 Å². The Hall–Kier alpha value is -3.02. The lowest BCUT2D eigenvalue weighted by molar-refractivity contribution is 0.613. The van der Waals surface area contributed by atoms with Crippen molar-refractivity contribution in [1.82, 2.24) is 15.2 Å². The Kier molecular flexibility index (Phi) is 4.96. The maximum Gasteiger partial charge on any atom is 0.244 e. The molecule has 0 radical (unpaired) electrons. The average molecular weight is 323 g/mol. The second kappa shape index (κ2) is 7.50. The molecule has 0 unspecified atom stereocenters. The third-order valence-electron chi connectivity index (χ3n) is 3.67. The second-order valence-electron chi connectivity index (χ2n) is 5.39. The molecule has 5 nitrogen and oxygen atoms in total. The van der Waals surface area contributed by atoms with Crippen LogP contribution in [0.5, 0.6) is 0 Å². The van der Waals surface area contributed by atoms with E-state index in [0.29, 0.717) is 30.4 Å². The Morgan fingerprint density at radius 1 is 0.917 bits per heavy atom. The molecule has 2 N–H and O–H groups in total. The molecule has 6 heteroatoms. The Labute approximate surface area is 140 Å². The van der Waals surface area contributed by atoms with Crippen molar-refractivity contribution in [1.29, 1.82) is 0 Å². The molecule has 0 aliphatic rings. The third kappa shape index (κ3) is 4.04. The van der Waals surface area contributed by atoms with Crippen molar-refractivity contribution in [3.8, 4) is 0 Å². The van der Waals surface area contributed by atoms with E-state index >= 15 is 0 Å². The molecule has 0 fully saturated rings. The highest BCUT2D eigenvalue weighted by Crippen LogP contribution is 2.12. The normalized spacial score (nSPS) is 10.4. The molecule has 0 aliphatic carbocycles. The summed E-state index contributed by atoms with van der Waals surface area (Å²) in [5.41, 5.74) is 2.95. The SMILES string of the molecule is Cc1ccccc1CNc1nncc(NCc2ccccc2F)n1. The van der Waals surface area contributed by atoms with Crippen LogP contribution in [0.1, 0.15) is 16.7 Å². The van der Waals surface area contributed by atoms with Gasteiger partial charge in [0.1, 0.15) is 5.82 Å². The second-order valence-corrected chi connectivity index (χ2v) is 5.39. The number of anilines is 2. The molecule has 2 aromatic carbocycles. The fourth-order valence-electron chi connectivity index (χ4n) is 2.27. The average Bonchev–Trinajstić information content (AvgIpc) is 2.61. The number of benzene rings is 2. The van der Waals surface area contributed by atoms with Crippen LogP contribution in [0, 0.1) is 12.7 Å². The summed E-state index contributed by atoms with van der Waals surface area (Å²) in [5, 5.41) is 14.1. The number of hydrogen-bond donors (Lipinski definition) is 2. The van der Waals surface area contributed by atoms with Gasteiger partial charge in [-0.25, -0.2) is 4.39 Å². The summed E-state index contributed by atoms with van der Waals surface area (Å²) in [7, 11) is 0. The molecule has 0 amide bonds. The Morgan fingerprint density at radius 2 is 1.62 bits per heavy atom. The van der Waals surface area contributed by atoms with Crippen LogP contribution in [0.4, 0.5) is 16.2 Å². The van der Waals surface area contributed by atoms with Gasteiger partial charge < -0.3 is 10.6 Å². The lowest BCUT2D eigenvalue weighted by Gasteiger charge is -2.09. The van der Waals surface area contributed by atoms with E-state index in [2.05, 4.69) is 44.9 Å². The van der Waals surface area contributed by atoms with Crippen LogP contribution < -0.4 is 10.6 Å². The molecule has 0 saturated carbocycles. The van der Waals surface area contributed by atoms with Gasteiger partial charge in [-0.1, -0.05) is 42.5 Å². The molecular weight excluding hydrogens is 305 g/mol. The van der Waals surface area contributed by atoms with Crippen molar-refractivity contribution >= 4 is 11.8 Å². The van der Waals surface area contributed by atoms with Gasteiger partial charge >= 0.3 is 0 Å². The van der Waals surface area contributed by atoms with Gasteiger partial charge in [-0.05, 0) is 24.1 Å². The van der Waals surface area contributed by atoms with Crippen LogP contribution >= 0.6 is 0 Å². The number of hydrogen-bond acceptors (Lipinski definition) is 5. The van der Waals surface area contributed by atoms with Crippen molar-refractivity contribution in [3.05, 3.63) is 77.2 Å². The van der Waals surface area contributed by atoms with Crippen LogP contribution in [0.25, 0.3) is 0 Å². The molecule has 122 valence electrons. The predicted molar refractivity (Wildman–Crippen MR) is 92.1 cm³/mol. The molecule has 0 atom stereocenters. The summed E-state index contributed by atoms with van der Waals surface area (Å²) in [5.74, 6) is 0.724. The minimum atomic E-state index is -0.245. The maximum absolute atomic E-state index is 13.6. The molecule has 24 heavy (non-hydrogen) atoms. The lowest BCUT2D eigenvalue weighted by atomic mass is 10.1. The molecule has 1 aromatic heterocycles. The maximum atomic E-state index is 13.6.